The maximum Gasteiger partial charge on any atom is 0.245 e. The van der Waals surface area contributed by atoms with Crippen molar-refractivity contribution in [3.8, 4) is 10.6 Å². The zero-order valence-corrected chi connectivity index (χ0v) is 14.3. The lowest BCUT2D eigenvalue weighted by Gasteiger charge is -2.05. The van der Waals surface area contributed by atoms with Crippen molar-refractivity contribution in [3.05, 3.63) is 58.8 Å². The molecule has 3 rings (SSSR count). The molecule has 2 heterocycles. The second-order valence-corrected chi connectivity index (χ2v) is 6.81. The number of nitrogens with zero attached hydrogens (tertiary/aromatic N) is 1. The van der Waals surface area contributed by atoms with Crippen molar-refractivity contribution in [2.24, 2.45) is 0 Å². The van der Waals surface area contributed by atoms with Crippen molar-refractivity contribution in [2.75, 3.05) is 11.9 Å². The Morgan fingerprint density at radius 2 is 1.83 bits per heavy atom. The first-order chi connectivity index (χ1) is 11.7. The summed E-state index contributed by atoms with van der Waals surface area (Å²) in [5, 5.41) is 9.72. The van der Waals surface area contributed by atoms with Crippen LogP contribution in [-0.2, 0) is 16.0 Å². The Morgan fingerprint density at radius 1 is 1.00 bits per heavy atom. The number of carbonyl (C=O) groups is 2. The Balaban J connectivity index is 1.47. The fraction of sp³-hybridized carbons (Fsp3) is 0.118. The van der Waals surface area contributed by atoms with E-state index < -0.39 is 0 Å². The Hall–Kier alpha value is -2.51. The Kier molecular flexibility index (Phi) is 5.35. The number of nitrogens with one attached hydrogen (secondary N) is 2. The molecule has 0 aliphatic carbocycles. The average Bonchev–Trinajstić information content (AvgIpc) is 3.25. The highest BCUT2D eigenvalue weighted by atomic mass is 32.1. The number of benzene rings is 1. The molecular formula is C17H15N3O2S2. The van der Waals surface area contributed by atoms with E-state index in [4.69, 9.17) is 0 Å². The summed E-state index contributed by atoms with van der Waals surface area (Å²) in [6, 6.07) is 13.3. The lowest BCUT2D eigenvalue weighted by Crippen LogP contribution is -2.33. The first-order valence-electron chi connectivity index (χ1n) is 7.30. The van der Waals surface area contributed by atoms with E-state index in [1.165, 1.54) is 11.3 Å². The summed E-state index contributed by atoms with van der Waals surface area (Å²) in [7, 11) is 0. The van der Waals surface area contributed by atoms with E-state index in [-0.39, 0.29) is 24.8 Å². The number of rotatable bonds is 6. The van der Waals surface area contributed by atoms with Gasteiger partial charge in [0.2, 0.25) is 11.8 Å². The van der Waals surface area contributed by atoms with E-state index in [0.29, 0.717) is 5.13 Å². The number of thiophene rings is 1. The van der Waals surface area contributed by atoms with Gasteiger partial charge < -0.3 is 10.6 Å². The molecule has 5 nitrogen and oxygen atoms in total. The monoisotopic (exact) mass is 357 g/mol. The van der Waals surface area contributed by atoms with E-state index in [0.717, 1.165) is 16.1 Å². The topological polar surface area (TPSA) is 71.1 Å². The van der Waals surface area contributed by atoms with Gasteiger partial charge >= 0.3 is 0 Å². The first-order valence-corrected chi connectivity index (χ1v) is 9.06. The van der Waals surface area contributed by atoms with Crippen LogP contribution < -0.4 is 10.6 Å². The molecule has 0 radical (unpaired) electrons. The van der Waals surface area contributed by atoms with Gasteiger partial charge in [0.1, 0.15) is 0 Å². The smallest absolute Gasteiger partial charge is 0.245 e. The van der Waals surface area contributed by atoms with Gasteiger partial charge in [-0.15, -0.1) is 22.7 Å². The number of carbonyl (C=O) groups excluding carboxylic acids is 2. The summed E-state index contributed by atoms with van der Waals surface area (Å²) < 4.78 is 0. The normalized spacial score (nSPS) is 10.3. The molecule has 122 valence electrons. The third kappa shape index (κ3) is 4.50. The van der Waals surface area contributed by atoms with Gasteiger partial charge in [-0.1, -0.05) is 36.4 Å². The second kappa shape index (κ2) is 7.85. The number of hydrogen-bond acceptors (Lipinski definition) is 5. The van der Waals surface area contributed by atoms with E-state index in [1.807, 2.05) is 53.2 Å². The number of thiazole rings is 1. The van der Waals surface area contributed by atoms with Crippen molar-refractivity contribution in [3.63, 3.8) is 0 Å². The molecule has 0 saturated carbocycles. The molecule has 24 heavy (non-hydrogen) atoms. The van der Waals surface area contributed by atoms with Crippen molar-refractivity contribution in [1.29, 1.82) is 0 Å². The molecular weight excluding hydrogens is 342 g/mol. The Bertz CT molecular complexity index is 814. The second-order valence-electron chi connectivity index (χ2n) is 5.00. The fourth-order valence-corrected chi connectivity index (χ4v) is 3.54. The molecule has 0 spiro atoms. The highest BCUT2D eigenvalue weighted by molar-refractivity contribution is 7.16. The van der Waals surface area contributed by atoms with Gasteiger partial charge in [0.05, 0.1) is 23.5 Å². The molecule has 0 fully saturated rings. The average molecular weight is 357 g/mol. The predicted octanol–water partition coefficient (Wildman–Crippen LogP) is 3.17. The third-order valence-corrected chi connectivity index (χ3v) is 4.83. The van der Waals surface area contributed by atoms with Crippen molar-refractivity contribution in [1.82, 2.24) is 10.3 Å². The van der Waals surface area contributed by atoms with Gasteiger partial charge in [0.25, 0.3) is 0 Å². The van der Waals surface area contributed by atoms with Gasteiger partial charge in [-0.25, -0.2) is 4.98 Å². The lowest BCUT2D eigenvalue weighted by molar-refractivity contribution is -0.123. The van der Waals surface area contributed by atoms with E-state index in [2.05, 4.69) is 15.6 Å². The van der Waals surface area contributed by atoms with E-state index in [1.54, 1.807) is 11.3 Å². The molecule has 2 N–H and O–H groups in total. The van der Waals surface area contributed by atoms with Crippen LogP contribution in [0.5, 0.6) is 0 Å². The van der Waals surface area contributed by atoms with Crippen molar-refractivity contribution >= 4 is 39.6 Å². The minimum atomic E-state index is -0.288. The number of anilines is 1. The Labute approximate surface area is 147 Å². The summed E-state index contributed by atoms with van der Waals surface area (Å²) in [4.78, 5) is 29.2. The van der Waals surface area contributed by atoms with Crippen LogP contribution >= 0.6 is 22.7 Å². The molecule has 0 bridgehead atoms. The molecule has 1 aromatic carbocycles. The zero-order valence-electron chi connectivity index (χ0n) is 12.7. The molecule has 0 unspecified atom stereocenters. The molecule has 3 aromatic rings. The number of aromatic nitrogens is 1. The van der Waals surface area contributed by atoms with Gasteiger partial charge in [-0.05, 0) is 17.0 Å². The maximum absolute atomic E-state index is 11.9. The van der Waals surface area contributed by atoms with Crippen LogP contribution in [0, 0.1) is 0 Å². The fourth-order valence-electron chi connectivity index (χ4n) is 2.05. The molecule has 7 heteroatoms. The summed E-state index contributed by atoms with van der Waals surface area (Å²) in [6.45, 7) is -0.0699. The van der Waals surface area contributed by atoms with Crippen LogP contribution in [-0.4, -0.2) is 23.3 Å². The minimum Gasteiger partial charge on any atom is -0.347 e. The lowest BCUT2D eigenvalue weighted by atomic mass is 10.1. The quantitative estimate of drug-likeness (QED) is 0.712. The van der Waals surface area contributed by atoms with Gasteiger partial charge in [-0.2, -0.15) is 0 Å². The molecule has 0 aliphatic rings. The van der Waals surface area contributed by atoms with Crippen molar-refractivity contribution in [2.45, 2.75) is 6.42 Å². The largest absolute Gasteiger partial charge is 0.347 e. The third-order valence-electron chi connectivity index (χ3n) is 3.18. The highest BCUT2D eigenvalue weighted by Gasteiger charge is 2.10. The number of hydrogen-bond donors (Lipinski definition) is 2. The Morgan fingerprint density at radius 3 is 2.58 bits per heavy atom. The standard InChI is InChI=1S/C17H15N3O2S2/c21-15(9-12-5-2-1-3-6-12)18-10-16(22)20-17-19-13(11-24-17)14-7-4-8-23-14/h1-8,11H,9-10H2,(H,18,21)(H,19,20,22). The summed E-state index contributed by atoms with van der Waals surface area (Å²) >= 11 is 2.96. The summed E-state index contributed by atoms with van der Waals surface area (Å²) in [6.07, 6.45) is 0.258. The van der Waals surface area contributed by atoms with Crippen molar-refractivity contribution < 1.29 is 9.59 Å². The summed E-state index contributed by atoms with van der Waals surface area (Å²) in [5.41, 5.74) is 1.76. The maximum atomic E-state index is 11.9. The summed E-state index contributed by atoms with van der Waals surface area (Å²) in [5.74, 6) is -0.474. The van der Waals surface area contributed by atoms with Crippen LogP contribution in [0.4, 0.5) is 5.13 Å². The van der Waals surface area contributed by atoms with Crippen LogP contribution in [0.25, 0.3) is 10.6 Å². The van der Waals surface area contributed by atoms with E-state index >= 15 is 0 Å². The molecule has 0 aliphatic heterocycles. The van der Waals surface area contributed by atoms with Crippen LogP contribution in [0.1, 0.15) is 5.56 Å². The van der Waals surface area contributed by atoms with Gasteiger partial charge in [-0.3, -0.25) is 9.59 Å². The SMILES string of the molecule is O=C(Cc1ccccc1)NCC(=O)Nc1nc(-c2cccs2)cs1. The van der Waals surface area contributed by atoms with Gasteiger partial charge in [0, 0.05) is 5.38 Å². The first kappa shape index (κ1) is 16.4. The minimum absolute atomic E-state index is 0.0699. The molecule has 0 saturated heterocycles. The van der Waals surface area contributed by atoms with Crippen LogP contribution in [0.3, 0.4) is 0 Å². The predicted molar refractivity (Wildman–Crippen MR) is 97.2 cm³/mol. The molecule has 0 atom stereocenters. The zero-order chi connectivity index (χ0) is 16.8. The number of amides is 2. The van der Waals surface area contributed by atoms with Crippen LogP contribution in [0.15, 0.2) is 53.2 Å². The van der Waals surface area contributed by atoms with E-state index in [9.17, 15) is 9.59 Å². The highest BCUT2D eigenvalue weighted by Crippen LogP contribution is 2.28. The molecule has 2 amide bonds. The molecule has 2 aromatic heterocycles. The van der Waals surface area contributed by atoms with Gasteiger partial charge in [0.15, 0.2) is 5.13 Å². The van der Waals surface area contributed by atoms with Crippen LogP contribution in [0.2, 0.25) is 0 Å².